The zero-order valence-electron chi connectivity index (χ0n) is 13.3. The second kappa shape index (κ2) is 6.54. The molecule has 0 saturated carbocycles. The van der Waals surface area contributed by atoms with E-state index in [1.807, 2.05) is 37.3 Å². The number of hydrogen-bond acceptors (Lipinski definition) is 3. The fraction of sp³-hybridized carbons (Fsp3) is 0.167. The first-order chi connectivity index (χ1) is 11.6. The van der Waals surface area contributed by atoms with Crippen LogP contribution < -0.4 is 11.1 Å². The summed E-state index contributed by atoms with van der Waals surface area (Å²) in [7, 11) is 0. The Morgan fingerprint density at radius 1 is 1.17 bits per heavy atom. The Kier molecular flexibility index (Phi) is 4.29. The van der Waals surface area contributed by atoms with Gasteiger partial charge in [-0.3, -0.25) is 14.3 Å². The number of primary amides is 1. The van der Waals surface area contributed by atoms with Gasteiger partial charge in [0.15, 0.2) is 5.69 Å². The molecule has 122 valence electrons. The SMILES string of the molecule is CCn1nc(C(N)=O)c2cc(C(=O)NCc3ccccc3)ccc21. The van der Waals surface area contributed by atoms with Crippen molar-refractivity contribution < 1.29 is 9.59 Å². The van der Waals surface area contributed by atoms with Crippen molar-refractivity contribution in [1.29, 1.82) is 0 Å². The summed E-state index contributed by atoms with van der Waals surface area (Å²) < 4.78 is 1.70. The molecule has 3 N–H and O–H groups in total. The largest absolute Gasteiger partial charge is 0.364 e. The molecule has 0 atom stereocenters. The van der Waals surface area contributed by atoms with Crippen molar-refractivity contribution in [2.45, 2.75) is 20.0 Å². The maximum atomic E-state index is 12.4. The fourth-order valence-electron chi connectivity index (χ4n) is 2.62. The second-order valence-electron chi connectivity index (χ2n) is 5.43. The Labute approximate surface area is 139 Å². The van der Waals surface area contributed by atoms with Crippen molar-refractivity contribution in [2.75, 3.05) is 0 Å². The summed E-state index contributed by atoms with van der Waals surface area (Å²) in [6.45, 7) is 2.98. The van der Waals surface area contributed by atoms with Gasteiger partial charge in [0.2, 0.25) is 0 Å². The lowest BCUT2D eigenvalue weighted by Crippen LogP contribution is -2.22. The zero-order valence-corrected chi connectivity index (χ0v) is 13.3. The van der Waals surface area contributed by atoms with Crippen LogP contribution >= 0.6 is 0 Å². The molecule has 0 unspecified atom stereocenters. The molecule has 0 bridgehead atoms. The molecule has 1 aromatic heterocycles. The van der Waals surface area contributed by atoms with Gasteiger partial charge in [-0.15, -0.1) is 0 Å². The molecule has 2 aromatic carbocycles. The van der Waals surface area contributed by atoms with Crippen molar-refractivity contribution in [3.8, 4) is 0 Å². The highest BCUT2D eigenvalue weighted by molar-refractivity contribution is 6.06. The Morgan fingerprint density at radius 2 is 1.92 bits per heavy atom. The van der Waals surface area contributed by atoms with Crippen LogP contribution in [-0.2, 0) is 13.1 Å². The molecule has 0 fully saturated rings. The van der Waals surface area contributed by atoms with Crippen molar-refractivity contribution in [3.63, 3.8) is 0 Å². The lowest BCUT2D eigenvalue weighted by Gasteiger charge is -2.06. The molecule has 2 amide bonds. The minimum Gasteiger partial charge on any atom is -0.364 e. The van der Waals surface area contributed by atoms with Crippen molar-refractivity contribution in [3.05, 3.63) is 65.4 Å². The Balaban J connectivity index is 1.88. The van der Waals surface area contributed by atoms with Crippen molar-refractivity contribution in [2.24, 2.45) is 5.73 Å². The molecule has 3 rings (SSSR count). The number of aryl methyl sites for hydroxylation is 1. The lowest BCUT2D eigenvalue weighted by atomic mass is 10.1. The molecular formula is C18H18N4O2. The smallest absolute Gasteiger partial charge is 0.269 e. The summed E-state index contributed by atoms with van der Waals surface area (Å²) in [6.07, 6.45) is 0. The maximum absolute atomic E-state index is 12.4. The van der Waals surface area contributed by atoms with Gasteiger partial charge in [0.1, 0.15) is 0 Å². The standard InChI is InChI=1S/C18H18N4O2/c1-2-22-15-9-8-13(10-14(15)16(21-22)17(19)23)18(24)20-11-12-6-4-3-5-7-12/h3-10H,2,11H2,1H3,(H2,19,23)(H,20,24). The number of aromatic nitrogens is 2. The molecule has 1 heterocycles. The van der Waals surface area contributed by atoms with Gasteiger partial charge in [0.25, 0.3) is 11.8 Å². The van der Waals surface area contributed by atoms with Crippen LogP contribution in [0, 0.1) is 0 Å². The minimum atomic E-state index is -0.603. The van der Waals surface area contributed by atoms with Crippen LogP contribution in [0.3, 0.4) is 0 Å². The van der Waals surface area contributed by atoms with Crippen molar-refractivity contribution in [1.82, 2.24) is 15.1 Å². The quantitative estimate of drug-likeness (QED) is 0.753. The number of nitrogens with two attached hydrogens (primary N) is 1. The van der Waals surface area contributed by atoms with E-state index in [2.05, 4.69) is 10.4 Å². The van der Waals surface area contributed by atoms with Gasteiger partial charge < -0.3 is 11.1 Å². The van der Waals surface area contributed by atoms with Crippen LogP contribution in [0.5, 0.6) is 0 Å². The van der Waals surface area contributed by atoms with Crippen LogP contribution in [-0.4, -0.2) is 21.6 Å². The van der Waals surface area contributed by atoms with Crippen LogP contribution in [0.15, 0.2) is 48.5 Å². The van der Waals surface area contributed by atoms with E-state index in [4.69, 9.17) is 5.73 Å². The summed E-state index contributed by atoms with van der Waals surface area (Å²) in [5.41, 5.74) is 7.85. The number of carbonyl (C=O) groups is 2. The molecule has 0 aliphatic heterocycles. The Morgan fingerprint density at radius 3 is 2.58 bits per heavy atom. The summed E-state index contributed by atoms with van der Waals surface area (Å²) in [5, 5.41) is 7.67. The van der Waals surface area contributed by atoms with Gasteiger partial charge in [-0.25, -0.2) is 0 Å². The number of nitrogens with one attached hydrogen (secondary N) is 1. The van der Waals surface area contributed by atoms with Gasteiger partial charge in [0.05, 0.1) is 5.52 Å². The average Bonchev–Trinajstić information content (AvgIpc) is 2.98. The average molecular weight is 322 g/mol. The number of carbonyl (C=O) groups excluding carboxylic acids is 2. The number of fused-ring (bicyclic) bond motifs is 1. The monoisotopic (exact) mass is 322 g/mol. The van der Waals surface area contributed by atoms with E-state index in [0.717, 1.165) is 11.1 Å². The third-order valence-electron chi connectivity index (χ3n) is 3.84. The summed E-state index contributed by atoms with van der Waals surface area (Å²) in [6, 6.07) is 14.8. The lowest BCUT2D eigenvalue weighted by molar-refractivity contribution is 0.0949. The highest BCUT2D eigenvalue weighted by Crippen LogP contribution is 2.20. The maximum Gasteiger partial charge on any atom is 0.269 e. The molecule has 3 aromatic rings. The molecule has 0 saturated heterocycles. The number of benzene rings is 2. The highest BCUT2D eigenvalue weighted by Gasteiger charge is 2.16. The minimum absolute atomic E-state index is 0.185. The van der Waals surface area contributed by atoms with E-state index in [1.54, 1.807) is 22.9 Å². The molecule has 6 nitrogen and oxygen atoms in total. The first-order valence-electron chi connectivity index (χ1n) is 7.72. The van der Waals surface area contributed by atoms with E-state index in [-0.39, 0.29) is 11.6 Å². The molecule has 6 heteroatoms. The summed E-state index contributed by atoms with van der Waals surface area (Å²) >= 11 is 0. The number of amides is 2. The molecule has 24 heavy (non-hydrogen) atoms. The van der Waals surface area contributed by atoms with E-state index in [9.17, 15) is 9.59 Å². The van der Waals surface area contributed by atoms with E-state index in [1.165, 1.54) is 0 Å². The van der Waals surface area contributed by atoms with Crippen LogP contribution in [0.4, 0.5) is 0 Å². The van der Waals surface area contributed by atoms with Crippen LogP contribution in [0.2, 0.25) is 0 Å². The van der Waals surface area contributed by atoms with Crippen LogP contribution in [0.1, 0.15) is 33.3 Å². The van der Waals surface area contributed by atoms with Gasteiger partial charge in [-0.05, 0) is 30.7 Å². The van der Waals surface area contributed by atoms with E-state index < -0.39 is 5.91 Å². The topological polar surface area (TPSA) is 90.0 Å². The second-order valence-corrected chi connectivity index (χ2v) is 5.43. The third kappa shape index (κ3) is 2.99. The van der Waals surface area contributed by atoms with E-state index in [0.29, 0.717) is 24.0 Å². The Bertz CT molecular complexity index is 900. The first kappa shape index (κ1) is 15.7. The van der Waals surface area contributed by atoms with Gasteiger partial charge in [-0.2, -0.15) is 5.10 Å². The molecule has 0 aliphatic rings. The number of rotatable bonds is 5. The zero-order chi connectivity index (χ0) is 17.1. The summed E-state index contributed by atoms with van der Waals surface area (Å²) in [5.74, 6) is -0.811. The van der Waals surface area contributed by atoms with Gasteiger partial charge >= 0.3 is 0 Å². The van der Waals surface area contributed by atoms with Gasteiger partial charge in [-0.1, -0.05) is 30.3 Å². The first-order valence-corrected chi connectivity index (χ1v) is 7.72. The fourth-order valence-corrected chi connectivity index (χ4v) is 2.62. The van der Waals surface area contributed by atoms with Crippen LogP contribution in [0.25, 0.3) is 10.9 Å². The predicted octanol–water partition coefficient (Wildman–Crippen LogP) is 2.09. The number of nitrogens with zero attached hydrogens (tertiary/aromatic N) is 2. The molecule has 0 radical (unpaired) electrons. The van der Waals surface area contributed by atoms with Gasteiger partial charge in [0, 0.05) is 24.0 Å². The predicted molar refractivity (Wildman–Crippen MR) is 91.5 cm³/mol. The molecule has 0 aliphatic carbocycles. The van der Waals surface area contributed by atoms with E-state index >= 15 is 0 Å². The normalized spacial score (nSPS) is 10.7. The molecular weight excluding hydrogens is 304 g/mol. The van der Waals surface area contributed by atoms with Crippen molar-refractivity contribution >= 4 is 22.7 Å². The Hall–Kier alpha value is -3.15. The summed E-state index contributed by atoms with van der Waals surface area (Å²) in [4.78, 5) is 23.9. The molecule has 0 spiro atoms. The third-order valence-corrected chi connectivity index (χ3v) is 3.84. The number of hydrogen-bond donors (Lipinski definition) is 2. The highest BCUT2D eigenvalue weighted by atomic mass is 16.2.